The van der Waals surface area contributed by atoms with Gasteiger partial charge in [-0.1, -0.05) is 36.4 Å². The lowest BCUT2D eigenvalue weighted by Gasteiger charge is -2.20. The Hall–Kier alpha value is -2.36. The van der Waals surface area contributed by atoms with Gasteiger partial charge in [0.05, 0.1) is 11.9 Å². The van der Waals surface area contributed by atoms with Crippen molar-refractivity contribution >= 4 is 11.9 Å². The van der Waals surface area contributed by atoms with Crippen molar-refractivity contribution < 1.29 is 19.8 Å². The summed E-state index contributed by atoms with van der Waals surface area (Å²) in [5, 5.41) is 22.4. The van der Waals surface area contributed by atoms with Gasteiger partial charge in [-0.15, -0.1) is 0 Å². The molecule has 0 bridgehead atoms. The van der Waals surface area contributed by atoms with Crippen molar-refractivity contribution in [2.24, 2.45) is 0 Å². The summed E-state index contributed by atoms with van der Waals surface area (Å²) in [4.78, 5) is 22.4. The van der Waals surface area contributed by atoms with Crippen molar-refractivity contribution in [1.29, 1.82) is 0 Å². The van der Waals surface area contributed by atoms with Crippen LogP contribution in [-0.2, 0) is 12.8 Å². The van der Waals surface area contributed by atoms with Crippen molar-refractivity contribution in [3.8, 4) is 0 Å². The van der Waals surface area contributed by atoms with E-state index in [9.17, 15) is 19.8 Å². The quantitative estimate of drug-likeness (QED) is 0.712. The lowest BCUT2D eigenvalue weighted by molar-refractivity contribution is -0.256. The third kappa shape index (κ3) is 3.57. The molecule has 4 heteroatoms. The predicted molar refractivity (Wildman–Crippen MR) is 72.1 cm³/mol. The van der Waals surface area contributed by atoms with E-state index in [0.29, 0.717) is 11.1 Å². The molecule has 20 heavy (non-hydrogen) atoms. The zero-order valence-electron chi connectivity index (χ0n) is 11.6. The van der Waals surface area contributed by atoms with E-state index < -0.39 is 11.9 Å². The van der Waals surface area contributed by atoms with Gasteiger partial charge in [-0.05, 0) is 37.8 Å². The summed E-state index contributed by atoms with van der Waals surface area (Å²) in [5.74, 6) is -2.68. The molecule has 0 heterocycles. The third-order valence-corrected chi connectivity index (χ3v) is 2.83. The van der Waals surface area contributed by atoms with Gasteiger partial charge in [0.1, 0.15) is 0 Å². The van der Waals surface area contributed by atoms with Crippen LogP contribution in [0.2, 0.25) is 0 Å². The van der Waals surface area contributed by atoms with E-state index in [1.165, 1.54) is 12.1 Å². The second kappa shape index (κ2) is 6.19. The van der Waals surface area contributed by atoms with Gasteiger partial charge in [0.15, 0.2) is 0 Å². The van der Waals surface area contributed by atoms with Gasteiger partial charge < -0.3 is 19.8 Å². The average molecular weight is 272 g/mol. The maximum atomic E-state index is 11.2. The standard InChI is InChI=1S/C16H18O4/c1-9(2)7-13-11(15(17)18)5-6-12(16(19)20)14(13)8-10(3)4/h5-6H,1,3,7-8H2,2,4H3,(H,17,18)(H,19,20)/p-2. The first-order chi connectivity index (χ1) is 9.23. The number of aromatic carboxylic acids is 2. The Labute approximate surface area is 118 Å². The lowest BCUT2D eigenvalue weighted by Crippen LogP contribution is -2.28. The topological polar surface area (TPSA) is 80.3 Å². The highest BCUT2D eigenvalue weighted by Crippen LogP contribution is 2.24. The fourth-order valence-electron chi connectivity index (χ4n) is 2.08. The Kier molecular flexibility index (Phi) is 4.86. The molecule has 0 atom stereocenters. The molecule has 0 aliphatic rings. The van der Waals surface area contributed by atoms with E-state index in [1.807, 2.05) is 0 Å². The number of carboxylic acids is 2. The van der Waals surface area contributed by atoms with Crippen LogP contribution in [-0.4, -0.2) is 11.9 Å². The molecule has 4 nitrogen and oxygen atoms in total. The molecule has 0 fully saturated rings. The molecule has 0 unspecified atom stereocenters. The summed E-state index contributed by atoms with van der Waals surface area (Å²) in [5.41, 5.74) is 2.23. The van der Waals surface area contributed by atoms with Gasteiger partial charge in [0.25, 0.3) is 0 Å². The summed E-state index contributed by atoms with van der Waals surface area (Å²) in [6.07, 6.45) is 0.542. The molecule has 1 aromatic carbocycles. The van der Waals surface area contributed by atoms with Crippen molar-refractivity contribution in [2.75, 3.05) is 0 Å². The molecule has 0 radical (unpaired) electrons. The van der Waals surface area contributed by atoms with Gasteiger partial charge in [0.2, 0.25) is 0 Å². The summed E-state index contributed by atoms with van der Waals surface area (Å²) in [6, 6.07) is 2.47. The van der Waals surface area contributed by atoms with Crippen LogP contribution >= 0.6 is 0 Å². The maximum absolute atomic E-state index is 11.2. The summed E-state index contributed by atoms with van der Waals surface area (Å²) < 4.78 is 0. The first kappa shape index (κ1) is 15.7. The zero-order valence-corrected chi connectivity index (χ0v) is 11.6. The molecular formula is C16H16O4-2. The van der Waals surface area contributed by atoms with E-state index in [4.69, 9.17) is 0 Å². The van der Waals surface area contributed by atoms with Crippen molar-refractivity contribution in [1.82, 2.24) is 0 Å². The average Bonchev–Trinajstić information content (AvgIpc) is 2.28. The van der Waals surface area contributed by atoms with Gasteiger partial charge >= 0.3 is 0 Å². The van der Waals surface area contributed by atoms with Crippen LogP contribution in [0.4, 0.5) is 0 Å². The van der Waals surface area contributed by atoms with Gasteiger partial charge in [0, 0.05) is 11.1 Å². The molecule has 0 saturated heterocycles. The van der Waals surface area contributed by atoms with Crippen LogP contribution in [0.5, 0.6) is 0 Å². The molecule has 1 rings (SSSR count). The van der Waals surface area contributed by atoms with Crippen molar-refractivity contribution in [3.63, 3.8) is 0 Å². The molecule has 0 saturated carbocycles. The van der Waals surface area contributed by atoms with Gasteiger partial charge in [-0.3, -0.25) is 0 Å². The predicted octanol–water partition coefficient (Wildman–Crippen LogP) is 0.651. The molecule has 0 N–H and O–H groups in total. The number of hydrogen-bond donors (Lipinski definition) is 0. The van der Waals surface area contributed by atoms with Gasteiger partial charge in [-0.2, -0.15) is 0 Å². The summed E-state index contributed by atoms with van der Waals surface area (Å²) in [6.45, 7) is 11.0. The highest BCUT2D eigenvalue weighted by molar-refractivity contribution is 5.93. The number of carbonyl (C=O) groups is 2. The second-order valence-corrected chi connectivity index (χ2v) is 4.96. The first-order valence-electron chi connectivity index (χ1n) is 6.10. The molecule has 106 valence electrons. The Balaban J connectivity index is 3.62. The molecule has 0 spiro atoms. The van der Waals surface area contributed by atoms with Crippen LogP contribution in [0.3, 0.4) is 0 Å². The minimum Gasteiger partial charge on any atom is -0.545 e. The number of hydrogen-bond acceptors (Lipinski definition) is 4. The van der Waals surface area contributed by atoms with E-state index in [2.05, 4.69) is 13.2 Å². The minimum atomic E-state index is -1.34. The smallest absolute Gasteiger partial charge is 0.0718 e. The maximum Gasteiger partial charge on any atom is 0.0718 e. The van der Waals surface area contributed by atoms with E-state index >= 15 is 0 Å². The summed E-state index contributed by atoms with van der Waals surface area (Å²) in [7, 11) is 0. The number of allylic oxidation sites excluding steroid dienone is 2. The Morgan fingerprint density at radius 1 is 0.900 bits per heavy atom. The molecular weight excluding hydrogens is 256 g/mol. The van der Waals surface area contributed by atoms with Crippen LogP contribution in [0, 0.1) is 0 Å². The number of carbonyl (C=O) groups excluding carboxylic acids is 2. The van der Waals surface area contributed by atoms with E-state index in [0.717, 1.165) is 11.1 Å². The third-order valence-electron chi connectivity index (χ3n) is 2.83. The Morgan fingerprint density at radius 3 is 1.40 bits per heavy atom. The monoisotopic (exact) mass is 272 g/mol. The number of carboxylic acid groups (broad SMARTS) is 2. The van der Waals surface area contributed by atoms with Gasteiger partial charge in [-0.25, -0.2) is 0 Å². The Bertz CT molecular complexity index is 544. The van der Waals surface area contributed by atoms with E-state index in [1.54, 1.807) is 13.8 Å². The zero-order chi connectivity index (χ0) is 15.4. The minimum absolute atomic E-state index is 0.0192. The Morgan fingerprint density at radius 2 is 1.20 bits per heavy atom. The highest BCUT2D eigenvalue weighted by Gasteiger charge is 2.15. The fourth-order valence-corrected chi connectivity index (χ4v) is 2.08. The molecule has 1 aromatic rings. The number of rotatable bonds is 6. The highest BCUT2D eigenvalue weighted by atomic mass is 16.4. The van der Waals surface area contributed by atoms with Crippen molar-refractivity contribution in [2.45, 2.75) is 26.7 Å². The number of benzene rings is 1. The normalized spacial score (nSPS) is 10.1. The first-order valence-corrected chi connectivity index (χ1v) is 6.10. The molecule has 0 aliphatic heterocycles. The van der Waals surface area contributed by atoms with Crippen LogP contribution in [0.25, 0.3) is 0 Å². The largest absolute Gasteiger partial charge is 0.545 e. The second-order valence-electron chi connectivity index (χ2n) is 4.96. The lowest BCUT2D eigenvalue weighted by atomic mass is 9.88. The van der Waals surface area contributed by atoms with E-state index in [-0.39, 0.29) is 24.0 Å². The molecule has 0 amide bonds. The molecule has 0 aliphatic carbocycles. The van der Waals surface area contributed by atoms with Crippen LogP contribution < -0.4 is 10.2 Å². The fraction of sp³-hybridized carbons (Fsp3) is 0.250. The van der Waals surface area contributed by atoms with Crippen molar-refractivity contribution in [3.05, 3.63) is 58.7 Å². The molecule has 0 aromatic heterocycles. The summed E-state index contributed by atoms with van der Waals surface area (Å²) >= 11 is 0. The van der Waals surface area contributed by atoms with Crippen LogP contribution in [0.1, 0.15) is 45.7 Å². The van der Waals surface area contributed by atoms with Crippen LogP contribution in [0.15, 0.2) is 36.4 Å². The SMILES string of the molecule is C=C(C)Cc1c(C(=O)[O-])ccc(C(=O)[O-])c1CC(=C)C.